The van der Waals surface area contributed by atoms with Gasteiger partial charge in [0.1, 0.15) is 0 Å². The SMILES string of the molecule is CCNCCNCCNCCNC(=O)/C=C/C(=O)O. The van der Waals surface area contributed by atoms with Gasteiger partial charge in [0.25, 0.3) is 0 Å². The van der Waals surface area contributed by atoms with E-state index >= 15 is 0 Å². The summed E-state index contributed by atoms with van der Waals surface area (Å²) in [5, 5.41) is 20.5. The number of aliphatic carboxylic acids is 1. The van der Waals surface area contributed by atoms with Crippen LogP contribution in [0.25, 0.3) is 0 Å². The number of hydrogen-bond acceptors (Lipinski definition) is 5. The molecule has 5 N–H and O–H groups in total. The third kappa shape index (κ3) is 14.5. The van der Waals surface area contributed by atoms with Crippen molar-refractivity contribution in [1.29, 1.82) is 0 Å². The number of carboxylic acids is 1. The van der Waals surface area contributed by atoms with Crippen molar-refractivity contribution in [2.24, 2.45) is 0 Å². The summed E-state index contributed by atoms with van der Waals surface area (Å²) in [6, 6.07) is 0. The lowest BCUT2D eigenvalue weighted by molar-refractivity contribution is -0.131. The molecule has 110 valence electrons. The molecule has 0 spiro atoms. The second-order valence-electron chi connectivity index (χ2n) is 3.82. The predicted octanol–water partition coefficient (Wildman–Crippen LogP) is -1.47. The third-order valence-corrected chi connectivity index (χ3v) is 2.19. The zero-order chi connectivity index (χ0) is 14.3. The molecular weight excluding hydrogens is 248 g/mol. The molecule has 7 heteroatoms. The number of carbonyl (C=O) groups is 2. The van der Waals surface area contributed by atoms with Gasteiger partial charge in [-0.2, -0.15) is 0 Å². The Morgan fingerprint density at radius 2 is 1.42 bits per heavy atom. The highest BCUT2D eigenvalue weighted by atomic mass is 16.4. The molecule has 0 fully saturated rings. The van der Waals surface area contributed by atoms with Crippen LogP contribution in [0.15, 0.2) is 12.2 Å². The van der Waals surface area contributed by atoms with E-state index in [0.29, 0.717) is 13.1 Å². The second-order valence-corrected chi connectivity index (χ2v) is 3.82. The van der Waals surface area contributed by atoms with Gasteiger partial charge in [-0.05, 0) is 6.54 Å². The Morgan fingerprint density at radius 3 is 1.95 bits per heavy atom. The largest absolute Gasteiger partial charge is 0.478 e. The van der Waals surface area contributed by atoms with E-state index in [4.69, 9.17) is 5.11 Å². The van der Waals surface area contributed by atoms with E-state index in [1.165, 1.54) is 0 Å². The van der Waals surface area contributed by atoms with Crippen molar-refractivity contribution in [2.75, 3.05) is 45.8 Å². The molecule has 0 bridgehead atoms. The first-order valence-electron chi connectivity index (χ1n) is 6.47. The minimum Gasteiger partial charge on any atom is -0.478 e. The molecule has 0 aliphatic heterocycles. The summed E-state index contributed by atoms with van der Waals surface area (Å²) in [5.74, 6) is -1.52. The third-order valence-electron chi connectivity index (χ3n) is 2.19. The Hall–Kier alpha value is -1.44. The Balaban J connectivity index is 3.22. The minimum atomic E-state index is -1.13. The van der Waals surface area contributed by atoms with Gasteiger partial charge in [0.15, 0.2) is 0 Å². The van der Waals surface area contributed by atoms with Gasteiger partial charge >= 0.3 is 5.97 Å². The maximum Gasteiger partial charge on any atom is 0.328 e. The van der Waals surface area contributed by atoms with E-state index < -0.39 is 11.9 Å². The van der Waals surface area contributed by atoms with Crippen molar-refractivity contribution < 1.29 is 14.7 Å². The predicted molar refractivity (Wildman–Crippen MR) is 74.1 cm³/mol. The maximum atomic E-state index is 11.1. The highest BCUT2D eigenvalue weighted by molar-refractivity contribution is 5.93. The van der Waals surface area contributed by atoms with Crippen LogP contribution in [-0.4, -0.2) is 62.8 Å². The van der Waals surface area contributed by atoms with Crippen LogP contribution < -0.4 is 21.3 Å². The molecule has 19 heavy (non-hydrogen) atoms. The first-order chi connectivity index (χ1) is 9.16. The highest BCUT2D eigenvalue weighted by Gasteiger charge is 1.95. The molecule has 0 rings (SSSR count). The summed E-state index contributed by atoms with van der Waals surface area (Å²) in [6.45, 7) is 7.78. The average molecular weight is 272 g/mol. The lowest BCUT2D eigenvalue weighted by Gasteiger charge is -2.07. The molecular formula is C12H24N4O3. The number of hydrogen-bond donors (Lipinski definition) is 5. The fourth-order valence-electron chi connectivity index (χ4n) is 1.26. The van der Waals surface area contributed by atoms with Crippen LogP contribution >= 0.6 is 0 Å². The molecule has 0 aliphatic rings. The van der Waals surface area contributed by atoms with Gasteiger partial charge in [0.05, 0.1) is 0 Å². The fraction of sp³-hybridized carbons (Fsp3) is 0.667. The van der Waals surface area contributed by atoms with E-state index in [1.54, 1.807) is 0 Å². The van der Waals surface area contributed by atoms with Gasteiger partial charge in [0, 0.05) is 51.4 Å². The molecule has 0 aromatic heterocycles. The Labute approximate surface area is 113 Å². The van der Waals surface area contributed by atoms with Crippen LogP contribution in [0.2, 0.25) is 0 Å². The summed E-state index contributed by atoms with van der Waals surface area (Å²) in [4.78, 5) is 21.2. The highest BCUT2D eigenvalue weighted by Crippen LogP contribution is 1.73. The number of carbonyl (C=O) groups excluding carboxylic acids is 1. The molecule has 7 nitrogen and oxygen atoms in total. The van der Waals surface area contributed by atoms with Crippen molar-refractivity contribution in [3.05, 3.63) is 12.2 Å². The number of likely N-dealkylation sites (N-methyl/N-ethyl adjacent to an activating group) is 1. The number of nitrogens with one attached hydrogen (secondary N) is 4. The lowest BCUT2D eigenvalue weighted by Crippen LogP contribution is -2.36. The summed E-state index contributed by atoms with van der Waals surface area (Å²) < 4.78 is 0. The summed E-state index contributed by atoms with van der Waals surface area (Å²) >= 11 is 0. The quantitative estimate of drug-likeness (QED) is 0.220. The number of amides is 1. The molecule has 0 radical (unpaired) electrons. The zero-order valence-corrected chi connectivity index (χ0v) is 11.4. The van der Waals surface area contributed by atoms with Crippen LogP contribution in [0, 0.1) is 0 Å². The zero-order valence-electron chi connectivity index (χ0n) is 11.4. The van der Waals surface area contributed by atoms with E-state index in [0.717, 1.165) is 44.9 Å². The molecule has 0 aromatic carbocycles. The fourth-order valence-corrected chi connectivity index (χ4v) is 1.26. The van der Waals surface area contributed by atoms with E-state index in [-0.39, 0.29) is 0 Å². The van der Waals surface area contributed by atoms with Crippen LogP contribution in [0.3, 0.4) is 0 Å². The van der Waals surface area contributed by atoms with Crippen molar-refractivity contribution in [2.45, 2.75) is 6.92 Å². The lowest BCUT2D eigenvalue weighted by atomic mass is 10.4. The van der Waals surface area contributed by atoms with Gasteiger partial charge in [-0.25, -0.2) is 4.79 Å². The van der Waals surface area contributed by atoms with Gasteiger partial charge in [-0.15, -0.1) is 0 Å². The molecule has 0 aromatic rings. The summed E-state index contributed by atoms with van der Waals surface area (Å²) in [5.41, 5.74) is 0. The summed E-state index contributed by atoms with van der Waals surface area (Å²) in [6.07, 6.45) is 1.82. The topological polar surface area (TPSA) is 102 Å². The normalized spacial score (nSPS) is 10.8. The minimum absolute atomic E-state index is 0.395. The molecule has 0 aliphatic carbocycles. The Morgan fingerprint density at radius 1 is 0.895 bits per heavy atom. The van der Waals surface area contributed by atoms with Crippen LogP contribution in [-0.2, 0) is 9.59 Å². The second kappa shape index (κ2) is 13.0. The van der Waals surface area contributed by atoms with Crippen LogP contribution in [0.4, 0.5) is 0 Å². The Bertz CT molecular complexity index is 282. The molecule has 0 heterocycles. The van der Waals surface area contributed by atoms with Crippen molar-refractivity contribution in [1.82, 2.24) is 21.3 Å². The molecule has 1 amide bonds. The number of rotatable bonds is 12. The van der Waals surface area contributed by atoms with Crippen molar-refractivity contribution >= 4 is 11.9 Å². The first kappa shape index (κ1) is 17.6. The standard InChI is InChI=1S/C12H24N4O3/c1-2-13-5-6-14-7-8-15-9-10-16-11(17)3-4-12(18)19/h3-4,13-15H,2,5-10H2,1H3,(H,16,17)(H,18,19)/b4-3+. The van der Waals surface area contributed by atoms with Gasteiger partial charge in [-0.3, -0.25) is 4.79 Å². The maximum absolute atomic E-state index is 11.1. The monoisotopic (exact) mass is 272 g/mol. The molecule has 0 atom stereocenters. The van der Waals surface area contributed by atoms with E-state index in [9.17, 15) is 9.59 Å². The molecule has 0 unspecified atom stereocenters. The van der Waals surface area contributed by atoms with Gasteiger partial charge < -0.3 is 26.4 Å². The van der Waals surface area contributed by atoms with E-state index in [2.05, 4.69) is 28.2 Å². The van der Waals surface area contributed by atoms with Crippen molar-refractivity contribution in [3.63, 3.8) is 0 Å². The number of carboxylic acid groups (broad SMARTS) is 1. The smallest absolute Gasteiger partial charge is 0.328 e. The average Bonchev–Trinajstić information content (AvgIpc) is 2.38. The van der Waals surface area contributed by atoms with E-state index in [1.807, 2.05) is 0 Å². The van der Waals surface area contributed by atoms with Crippen LogP contribution in [0.5, 0.6) is 0 Å². The molecule has 0 saturated carbocycles. The molecule has 0 saturated heterocycles. The van der Waals surface area contributed by atoms with Crippen molar-refractivity contribution in [3.8, 4) is 0 Å². The Kier molecular flexibility index (Phi) is 12.0. The first-order valence-corrected chi connectivity index (χ1v) is 6.47. The van der Waals surface area contributed by atoms with Gasteiger partial charge in [-0.1, -0.05) is 6.92 Å². The van der Waals surface area contributed by atoms with Crippen LogP contribution in [0.1, 0.15) is 6.92 Å². The van der Waals surface area contributed by atoms with Gasteiger partial charge in [0.2, 0.25) is 5.91 Å². The summed E-state index contributed by atoms with van der Waals surface area (Å²) in [7, 11) is 0.